The Balaban J connectivity index is 2.07. The summed E-state index contributed by atoms with van der Waals surface area (Å²) < 4.78 is 5.35. The van der Waals surface area contributed by atoms with Gasteiger partial charge in [-0.15, -0.1) is 11.3 Å². The Morgan fingerprint density at radius 3 is 2.79 bits per heavy atom. The van der Waals surface area contributed by atoms with Crippen molar-refractivity contribution in [2.24, 2.45) is 5.41 Å². The third-order valence-electron chi connectivity index (χ3n) is 3.72. The summed E-state index contributed by atoms with van der Waals surface area (Å²) in [6.07, 6.45) is 1.48. The molecule has 1 aliphatic carbocycles. The number of hydrogen-bond donors (Lipinski definition) is 0. The molecular formula is C15H16O3S. The third-order valence-corrected chi connectivity index (χ3v) is 4.71. The Hall–Kier alpha value is -1.42. The lowest BCUT2D eigenvalue weighted by molar-refractivity contribution is -0.142. The zero-order valence-electron chi connectivity index (χ0n) is 11.1. The highest BCUT2D eigenvalue weighted by atomic mass is 32.1. The Labute approximate surface area is 116 Å². The molecule has 4 heteroatoms. The van der Waals surface area contributed by atoms with E-state index in [0.29, 0.717) is 18.6 Å². The van der Waals surface area contributed by atoms with Crippen molar-refractivity contribution in [3.8, 4) is 0 Å². The normalized spacial score (nSPS) is 26.1. The topological polar surface area (TPSA) is 43.4 Å². The molecule has 0 fully saturated rings. The van der Waals surface area contributed by atoms with Gasteiger partial charge in [0.1, 0.15) is 5.76 Å². The quantitative estimate of drug-likeness (QED) is 0.738. The van der Waals surface area contributed by atoms with Crippen LogP contribution in [0.25, 0.3) is 0 Å². The standard InChI is InChI=1S/C15H16O3S/c1-15(2)7-10(16)14-9(12-4-3-5-19-12)6-13(17)18-11(14)8-15/h3-5,9H,6-8H2,1-2H3/t9-/m0/s1. The largest absolute Gasteiger partial charge is 0.431 e. The number of thiophene rings is 1. The van der Waals surface area contributed by atoms with E-state index in [1.54, 1.807) is 11.3 Å². The second kappa shape index (κ2) is 4.30. The lowest BCUT2D eigenvalue weighted by atomic mass is 9.72. The first-order valence-electron chi connectivity index (χ1n) is 6.47. The van der Waals surface area contributed by atoms with Crippen LogP contribution < -0.4 is 0 Å². The number of carbonyl (C=O) groups is 2. The van der Waals surface area contributed by atoms with Gasteiger partial charge in [-0.05, 0) is 16.9 Å². The maximum Gasteiger partial charge on any atom is 0.311 e. The summed E-state index contributed by atoms with van der Waals surface area (Å²) in [5.74, 6) is 0.426. The number of carbonyl (C=O) groups excluding carboxylic acids is 2. The van der Waals surface area contributed by atoms with Gasteiger partial charge in [-0.2, -0.15) is 0 Å². The molecule has 3 nitrogen and oxygen atoms in total. The highest BCUT2D eigenvalue weighted by Crippen LogP contribution is 2.46. The van der Waals surface area contributed by atoms with Gasteiger partial charge in [-0.1, -0.05) is 19.9 Å². The van der Waals surface area contributed by atoms with Gasteiger partial charge >= 0.3 is 5.97 Å². The van der Waals surface area contributed by atoms with Crippen LogP contribution in [0.2, 0.25) is 0 Å². The van der Waals surface area contributed by atoms with Gasteiger partial charge in [0.25, 0.3) is 0 Å². The average molecular weight is 276 g/mol. The molecule has 1 aromatic heterocycles. The van der Waals surface area contributed by atoms with Crippen molar-refractivity contribution in [3.63, 3.8) is 0 Å². The number of rotatable bonds is 1. The monoisotopic (exact) mass is 276 g/mol. The average Bonchev–Trinajstić information content (AvgIpc) is 2.78. The molecule has 0 aromatic carbocycles. The summed E-state index contributed by atoms with van der Waals surface area (Å²) >= 11 is 1.59. The fraction of sp³-hybridized carbons (Fsp3) is 0.467. The second-order valence-electron chi connectivity index (χ2n) is 6.02. The first-order valence-corrected chi connectivity index (χ1v) is 7.34. The predicted molar refractivity (Wildman–Crippen MR) is 72.8 cm³/mol. The molecule has 1 aromatic rings. The van der Waals surface area contributed by atoms with Crippen molar-refractivity contribution in [1.82, 2.24) is 0 Å². The molecule has 2 aliphatic rings. The summed E-state index contributed by atoms with van der Waals surface area (Å²) in [5, 5.41) is 1.98. The zero-order chi connectivity index (χ0) is 13.6. The van der Waals surface area contributed by atoms with Gasteiger partial charge in [-0.3, -0.25) is 9.59 Å². The van der Waals surface area contributed by atoms with E-state index < -0.39 is 0 Å². The van der Waals surface area contributed by atoms with E-state index in [0.717, 1.165) is 10.5 Å². The third kappa shape index (κ3) is 2.25. The van der Waals surface area contributed by atoms with Gasteiger partial charge in [-0.25, -0.2) is 0 Å². The molecule has 1 atom stereocenters. The van der Waals surface area contributed by atoms with Crippen LogP contribution in [0.5, 0.6) is 0 Å². The van der Waals surface area contributed by atoms with Crippen LogP contribution in [-0.4, -0.2) is 11.8 Å². The Bertz CT molecular complexity index is 566. The van der Waals surface area contributed by atoms with E-state index in [1.165, 1.54) is 0 Å². The Morgan fingerprint density at radius 1 is 1.32 bits per heavy atom. The molecular weight excluding hydrogens is 260 g/mol. The van der Waals surface area contributed by atoms with Crippen molar-refractivity contribution in [2.45, 2.75) is 39.0 Å². The predicted octanol–water partition coefficient (Wildman–Crippen LogP) is 3.42. The van der Waals surface area contributed by atoms with Gasteiger partial charge in [0, 0.05) is 29.2 Å². The molecule has 0 radical (unpaired) electrons. The van der Waals surface area contributed by atoms with E-state index in [2.05, 4.69) is 0 Å². The lowest BCUT2D eigenvalue weighted by Crippen LogP contribution is -2.33. The van der Waals surface area contributed by atoms with Crippen LogP contribution in [0.15, 0.2) is 28.8 Å². The molecule has 0 spiro atoms. The van der Waals surface area contributed by atoms with E-state index >= 15 is 0 Å². The number of ketones is 1. The SMILES string of the molecule is CC1(C)CC(=O)C2=C(C1)OC(=O)C[C@H]2c1cccs1. The molecule has 100 valence electrons. The summed E-state index contributed by atoms with van der Waals surface area (Å²) in [6.45, 7) is 4.08. The smallest absolute Gasteiger partial charge is 0.311 e. The van der Waals surface area contributed by atoms with Gasteiger partial charge in [0.2, 0.25) is 0 Å². The highest BCUT2D eigenvalue weighted by molar-refractivity contribution is 7.10. The number of allylic oxidation sites excluding steroid dienone is 2. The Morgan fingerprint density at radius 2 is 2.11 bits per heavy atom. The summed E-state index contributed by atoms with van der Waals surface area (Å²) in [5.41, 5.74) is 0.620. The molecule has 0 unspecified atom stereocenters. The van der Waals surface area contributed by atoms with E-state index in [1.807, 2.05) is 31.4 Å². The summed E-state index contributed by atoms with van der Waals surface area (Å²) in [4.78, 5) is 25.3. The fourth-order valence-corrected chi connectivity index (χ4v) is 3.77. The van der Waals surface area contributed by atoms with E-state index in [-0.39, 0.29) is 29.5 Å². The van der Waals surface area contributed by atoms with E-state index in [9.17, 15) is 9.59 Å². The zero-order valence-corrected chi connectivity index (χ0v) is 11.9. The molecule has 0 bridgehead atoms. The van der Waals surface area contributed by atoms with E-state index in [4.69, 9.17) is 4.74 Å². The van der Waals surface area contributed by atoms with Gasteiger partial charge in [0.15, 0.2) is 5.78 Å². The van der Waals surface area contributed by atoms with Crippen molar-refractivity contribution >= 4 is 23.1 Å². The van der Waals surface area contributed by atoms with Crippen molar-refractivity contribution in [3.05, 3.63) is 33.7 Å². The number of ether oxygens (including phenoxy) is 1. The lowest BCUT2D eigenvalue weighted by Gasteiger charge is -2.36. The minimum Gasteiger partial charge on any atom is -0.431 e. The first-order chi connectivity index (χ1) is 8.96. The van der Waals surface area contributed by atoms with Crippen LogP contribution in [0, 0.1) is 5.41 Å². The second-order valence-corrected chi connectivity index (χ2v) is 7.00. The summed E-state index contributed by atoms with van der Waals surface area (Å²) in [7, 11) is 0. The highest BCUT2D eigenvalue weighted by Gasteiger charge is 2.42. The number of Topliss-reactive ketones (excluding diaryl/α,β-unsaturated/α-hetero) is 1. The van der Waals surface area contributed by atoms with Crippen LogP contribution in [-0.2, 0) is 14.3 Å². The molecule has 0 saturated heterocycles. The Kier molecular flexibility index (Phi) is 2.86. The molecule has 19 heavy (non-hydrogen) atoms. The van der Waals surface area contributed by atoms with Crippen LogP contribution in [0.1, 0.15) is 43.9 Å². The maximum atomic E-state index is 12.4. The van der Waals surface area contributed by atoms with Crippen LogP contribution >= 0.6 is 11.3 Å². The first kappa shape index (κ1) is 12.6. The van der Waals surface area contributed by atoms with Gasteiger partial charge in [0.05, 0.1) is 6.42 Å². The number of esters is 1. The van der Waals surface area contributed by atoms with Crippen LogP contribution in [0.4, 0.5) is 0 Å². The van der Waals surface area contributed by atoms with Crippen molar-refractivity contribution in [2.75, 3.05) is 0 Å². The minimum absolute atomic E-state index is 0.0974. The van der Waals surface area contributed by atoms with Crippen molar-refractivity contribution in [1.29, 1.82) is 0 Å². The molecule has 2 heterocycles. The van der Waals surface area contributed by atoms with Crippen LogP contribution in [0.3, 0.4) is 0 Å². The molecule has 0 amide bonds. The molecule has 1 aliphatic heterocycles. The summed E-state index contributed by atoms with van der Waals surface area (Å²) in [6, 6.07) is 3.95. The molecule has 3 rings (SSSR count). The molecule has 0 N–H and O–H groups in total. The van der Waals surface area contributed by atoms with Crippen molar-refractivity contribution < 1.29 is 14.3 Å². The molecule has 0 saturated carbocycles. The minimum atomic E-state index is -0.220. The van der Waals surface area contributed by atoms with Gasteiger partial charge < -0.3 is 4.74 Å². The fourth-order valence-electron chi connectivity index (χ4n) is 2.94. The maximum absolute atomic E-state index is 12.4. The number of hydrogen-bond acceptors (Lipinski definition) is 4.